The van der Waals surface area contributed by atoms with E-state index in [1.807, 2.05) is 67.6 Å². The van der Waals surface area contributed by atoms with Gasteiger partial charge in [-0.05, 0) is 54.4 Å². The van der Waals surface area contributed by atoms with Crippen LogP contribution in [0.15, 0.2) is 71.9 Å². The molecule has 2 aliphatic heterocycles. The molecule has 0 bridgehead atoms. The topological polar surface area (TPSA) is 82.0 Å². The van der Waals surface area contributed by atoms with E-state index in [1.165, 1.54) is 0 Å². The Balaban J connectivity index is 1.23. The maximum Gasteiger partial charge on any atom is 0.231 e. The molecule has 0 saturated carbocycles. The number of para-hydroxylation sites is 1. The Kier molecular flexibility index (Phi) is 7.77. The minimum absolute atomic E-state index is 0.143. The van der Waals surface area contributed by atoms with Crippen LogP contribution in [0.3, 0.4) is 0 Å². The molecule has 8 heteroatoms. The Hall–Kier alpha value is -3.75. The minimum Gasteiger partial charge on any atom is -0.497 e. The number of ether oxygens (including phenoxy) is 4. The van der Waals surface area contributed by atoms with Crippen molar-refractivity contribution in [2.24, 2.45) is 5.16 Å². The van der Waals surface area contributed by atoms with Crippen LogP contribution in [0.1, 0.15) is 23.1 Å². The third-order valence-electron chi connectivity index (χ3n) is 6.43. The third-order valence-corrected chi connectivity index (χ3v) is 6.43. The number of aliphatic hydroxyl groups is 1. The van der Waals surface area contributed by atoms with Crippen molar-refractivity contribution in [3.05, 3.63) is 83.4 Å². The molecule has 0 aliphatic carbocycles. The second-order valence-corrected chi connectivity index (χ2v) is 9.31. The summed E-state index contributed by atoms with van der Waals surface area (Å²) >= 11 is 0. The fourth-order valence-corrected chi connectivity index (χ4v) is 4.55. The van der Waals surface area contributed by atoms with Crippen LogP contribution in [0.2, 0.25) is 0 Å². The lowest BCUT2D eigenvalue weighted by Crippen LogP contribution is -2.39. The maximum atomic E-state index is 10.9. The fourth-order valence-electron chi connectivity index (χ4n) is 4.55. The van der Waals surface area contributed by atoms with Gasteiger partial charge < -0.3 is 28.9 Å². The van der Waals surface area contributed by atoms with Crippen molar-refractivity contribution in [2.75, 3.05) is 33.6 Å². The highest BCUT2D eigenvalue weighted by molar-refractivity contribution is 6.01. The zero-order valence-electron chi connectivity index (χ0n) is 21.1. The first-order valence-electron chi connectivity index (χ1n) is 12.4. The van der Waals surface area contributed by atoms with Gasteiger partial charge in [0.25, 0.3) is 0 Å². The predicted octanol–water partition coefficient (Wildman–Crippen LogP) is 4.17. The van der Waals surface area contributed by atoms with E-state index in [4.69, 9.17) is 23.8 Å². The van der Waals surface area contributed by atoms with Crippen molar-refractivity contribution >= 4 is 5.71 Å². The van der Waals surface area contributed by atoms with E-state index in [2.05, 4.69) is 16.1 Å². The number of aliphatic hydroxyl groups excluding tert-OH is 1. The molecule has 5 rings (SSSR count). The summed E-state index contributed by atoms with van der Waals surface area (Å²) in [6.07, 6.45) is -0.166. The van der Waals surface area contributed by atoms with Gasteiger partial charge >= 0.3 is 0 Å². The Morgan fingerprint density at radius 2 is 1.92 bits per heavy atom. The molecule has 1 N–H and O–H groups in total. The molecular weight excluding hydrogens is 472 g/mol. The van der Waals surface area contributed by atoms with Gasteiger partial charge in [-0.3, -0.25) is 4.90 Å². The molecule has 194 valence electrons. The van der Waals surface area contributed by atoms with Crippen LogP contribution in [0.4, 0.5) is 0 Å². The van der Waals surface area contributed by atoms with E-state index in [0.29, 0.717) is 26.1 Å². The van der Waals surface area contributed by atoms with Crippen molar-refractivity contribution in [3.63, 3.8) is 0 Å². The molecule has 0 saturated heterocycles. The number of fused-ring (bicyclic) bond motifs is 1. The monoisotopic (exact) mass is 504 g/mol. The maximum absolute atomic E-state index is 10.9. The van der Waals surface area contributed by atoms with Crippen molar-refractivity contribution in [1.82, 2.24) is 4.90 Å². The highest BCUT2D eigenvalue weighted by Crippen LogP contribution is 2.33. The average molecular weight is 505 g/mol. The molecule has 3 aromatic carbocycles. The lowest BCUT2D eigenvalue weighted by Gasteiger charge is -2.27. The molecule has 37 heavy (non-hydrogen) atoms. The van der Waals surface area contributed by atoms with E-state index < -0.39 is 6.10 Å². The first kappa shape index (κ1) is 24.9. The highest BCUT2D eigenvalue weighted by Gasteiger charge is 2.27. The van der Waals surface area contributed by atoms with Crippen LogP contribution in [0, 0.1) is 6.92 Å². The summed E-state index contributed by atoms with van der Waals surface area (Å²) in [6.45, 7) is 4.06. The summed E-state index contributed by atoms with van der Waals surface area (Å²) in [5.74, 6) is 3.04. The lowest BCUT2D eigenvalue weighted by atomic mass is 10.0. The van der Waals surface area contributed by atoms with E-state index in [-0.39, 0.29) is 19.5 Å². The molecule has 0 spiro atoms. The summed E-state index contributed by atoms with van der Waals surface area (Å²) in [5, 5.41) is 15.2. The predicted molar refractivity (Wildman–Crippen MR) is 140 cm³/mol. The van der Waals surface area contributed by atoms with Crippen LogP contribution in [-0.2, 0) is 11.4 Å². The van der Waals surface area contributed by atoms with Gasteiger partial charge in [0.1, 0.15) is 30.3 Å². The molecule has 2 aliphatic rings. The van der Waals surface area contributed by atoms with Gasteiger partial charge in [-0.2, -0.15) is 0 Å². The molecule has 2 atom stereocenters. The number of rotatable bonds is 11. The molecule has 8 nitrogen and oxygen atoms in total. The summed E-state index contributed by atoms with van der Waals surface area (Å²) in [5.41, 5.74) is 3.95. The van der Waals surface area contributed by atoms with Gasteiger partial charge in [-0.25, -0.2) is 0 Å². The Labute approximate surface area is 217 Å². The molecule has 0 amide bonds. The number of hydrogen-bond acceptors (Lipinski definition) is 8. The Morgan fingerprint density at radius 1 is 1.05 bits per heavy atom. The average Bonchev–Trinajstić information content (AvgIpc) is 3.57. The summed E-state index contributed by atoms with van der Waals surface area (Å²) < 4.78 is 22.2. The Morgan fingerprint density at radius 3 is 2.78 bits per heavy atom. The van der Waals surface area contributed by atoms with Crippen molar-refractivity contribution < 1.29 is 28.9 Å². The van der Waals surface area contributed by atoms with Gasteiger partial charge in [0.2, 0.25) is 6.79 Å². The number of nitrogens with zero attached hydrogens (tertiary/aromatic N) is 2. The molecule has 0 unspecified atom stereocenters. The summed E-state index contributed by atoms with van der Waals surface area (Å²) in [7, 11) is 1.66. The smallest absolute Gasteiger partial charge is 0.231 e. The van der Waals surface area contributed by atoms with Gasteiger partial charge in [0, 0.05) is 31.6 Å². The van der Waals surface area contributed by atoms with Crippen LogP contribution >= 0.6 is 0 Å². The van der Waals surface area contributed by atoms with Gasteiger partial charge in [0.15, 0.2) is 11.5 Å². The van der Waals surface area contributed by atoms with E-state index in [0.717, 1.165) is 45.4 Å². The molecule has 0 radical (unpaired) electrons. The van der Waals surface area contributed by atoms with Crippen molar-refractivity contribution in [3.8, 4) is 23.0 Å². The SMILES string of the molecule is COc1cccc(CN(C[C@@H](O)COc2ccccc2C)C[C@@H]2CC(c3ccc4c(c3)OCO4)=NO2)c1. The van der Waals surface area contributed by atoms with Gasteiger partial charge in [-0.1, -0.05) is 35.5 Å². The second-order valence-electron chi connectivity index (χ2n) is 9.31. The number of methoxy groups -OCH3 is 1. The van der Waals surface area contributed by atoms with Crippen LogP contribution in [0.5, 0.6) is 23.0 Å². The fraction of sp³-hybridized carbons (Fsp3) is 0.345. The zero-order chi connectivity index (χ0) is 25.6. The first-order chi connectivity index (χ1) is 18.1. The van der Waals surface area contributed by atoms with E-state index in [9.17, 15) is 5.11 Å². The van der Waals surface area contributed by atoms with E-state index in [1.54, 1.807) is 7.11 Å². The zero-order valence-corrected chi connectivity index (χ0v) is 21.1. The first-order valence-corrected chi connectivity index (χ1v) is 12.4. The standard InChI is InChI=1S/C29H32N2O6/c1-20-6-3-4-9-27(20)34-18-23(32)16-31(15-21-7-5-8-24(12-21)33-2)17-25-14-26(30-37-25)22-10-11-28-29(13-22)36-19-35-28/h3-13,23,25,32H,14-19H2,1-2H3/t23-,25+/m1/s1. The third kappa shape index (κ3) is 6.34. The van der Waals surface area contributed by atoms with Crippen LogP contribution < -0.4 is 18.9 Å². The van der Waals surface area contributed by atoms with Gasteiger partial charge in [-0.15, -0.1) is 0 Å². The number of oxime groups is 1. The molecule has 3 aromatic rings. The minimum atomic E-state index is -0.680. The number of aryl methyl sites for hydroxylation is 1. The second kappa shape index (κ2) is 11.5. The molecular formula is C29H32N2O6. The summed E-state index contributed by atoms with van der Waals surface area (Å²) in [6, 6.07) is 21.6. The number of benzene rings is 3. The quantitative estimate of drug-likeness (QED) is 0.420. The normalized spacial score (nSPS) is 16.9. The Bertz CT molecular complexity index is 1250. The largest absolute Gasteiger partial charge is 0.497 e. The van der Waals surface area contributed by atoms with Crippen molar-refractivity contribution in [2.45, 2.75) is 32.1 Å². The molecule has 0 fully saturated rings. The molecule has 0 aromatic heterocycles. The van der Waals surface area contributed by atoms with Crippen LogP contribution in [-0.4, -0.2) is 61.5 Å². The van der Waals surface area contributed by atoms with Gasteiger partial charge in [0.05, 0.1) is 12.8 Å². The van der Waals surface area contributed by atoms with E-state index >= 15 is 0 Å². The lowest BCUT2D eigenvalue weighted by molar-refractivity contribution is 0.0212. The molecule has 2 heterocycles. The van der Waals surface area contributed by atoms with Crippen molar-refractivity contribution in [1.29, 1.82) is 0 Å². The summed E-state index contributed by atoms with van der Waals surface area (Å²) in [4.78, 5) is 7.99. The van der Waals surface area contributed by atoms with Crippen LogP contribution in [0.25, 0.3) is 0 Å². The number of hydrogen-bond donors (Lipinski definition) is 1. The highest BCUT2D eigenvalue weighted by atomic mass is 16.7.